The average Bonchev–Trinajstić information content (AvgIpc) is 3.24. The van der Waals surface area contributed by atoms with Crippen LogP contribution in [-0.4, -0.2) is 23.1 Å². The molecule has 92 valence electrons. The number of ether oxygens (including phenoxy) is 1. The van der Waals surface area contributed by atoms with Gasteiger partial charge >= 0.3 is 0 Å². The van der Waals surface area contributed by atoms with Crippen molar-refractivity contribution in [3.05, 3.63) is 36.7 Å². The van der Waals surface area contributed by atoms with Gasteiger partial charge in [-0.2, -0.15) is 0 Å². The summed E-state index contributed by atoms with van der Waals surface area (Å²) in [5, 5.41) is 3.27. The average molecular weight is 241 g/mol. The standard InChI is InChI=1S/C14H15N3O/c1-18-13-5-3-2-4-12(13)10-8-15-14(16-9-10)17-11-6-7-11/h2-5,8-9,11H,6-7H2,1H3,(H,15,16,17). The second-order valence-corrected chi connectivity index (χ2v) is 4.41. The van der Waals surface area contributed by atoms with Gasteiger partial charge in [-0.15, -0.1) is 0 Å². The molecule has 0 amide bonds. The van der Waals surface area contributed by atoms with Crippen molar-refractivity contribution in [1.29, 1.82) is 0 Å². The molecule has 0 radical (unpaired) electrons. The molecule has 4 heteroatoms. The van der Waals surface area contributed by atoms with E-state index >= 15 is 0 Å². The van der Waals surface area contributed by atoms with Crippen LogP contribution in [0.15, 0.2) is 36.7 Å². The monoisotopic (exact) mass is 241 g/mol. The number of rotatable bonds is 4. The van der Waals surface area contributed by atoms with E-state index in [0.29, 0.717) is 12.0 Å². The van der Waals surface area contributed by atoms with Crippen molar-refractivity contribution in [3.8, 4) is 16.9 Å². The molecule has 0 saturated heterocycles. The molecule has 2 aromatic rings. The molecule has 1 aliphatic carbocycles. The fourth-order valence-corrected chi connectivity index (χ4v) is 1.84. The summed E-state index contributed by atoms with van der Waals surface area (Å²) < 4.78 is 5.33. The Balaban J connectivity index is 1.86. The lowest BCUT2D eigenvalue weighted by Gasteiger charge is -2.08. The summed E-state index contributed by atoms with van der Waals surface area (Å²) in [6.45, 7) is 0. The van der Waals surface area contributed by atoms with Crippen molar-refractivity contribution in [2.24, 2.45) is 0 Å². The maximum atomic E-state index is 5.33. The smallest absolute Gasteiger partial charge is 0.222 e. The van der Waals surface area contributed by atoms with Gasteiger partial charge in [-0.05, 0) is 18.9 Å². The molecule has 0 bridgehead atoms. The maximum absolute atomic E-state index is 5.33. The summed E-state index contributed by atoms with van der Waals surface area (Å²) in [5.74, 6) is 1.54. The first-order valence-corrected chi connectivity index (χ1v) is 6.09. The van der Waals surface area contributed by atoms with E-state index in [1.807, 2.05) is 36.7 Å². The van der Waals surface area contributed by atoms with Crippen molar-refractivity contribution < 1.29 is 4.74 Å². The Labute approximate surface area is 106 Å². The molecule has 0 spiro atoms. The molecule has 1 aliphatic rings. The number of benzene rings is 1. The van der Waals surface area contributed by atoms with E-state index in [2.05, 4.69) is 15.3 Å². The lowest BCUT2D eigenvalue weighted by molar-refractivity contribution is 0.416. The Hall–Kier alpha value is -2.10. The molecule has 0 unspecified atom stereocenters. The predicted octanol–water partition coefficient (Wildman–Crippen LogP) is 2.73. The zero-order valence-electron chi connectivity index (χ0n) is 10.3. The van der Waals surface area contributed by atoms with Gasteiger partial charge in [0.15, 0.2) is 0 Å². The van der Waals surface area contributed by atoms with Crippen molar-refractivity contribution in [2.75, 3.05) is 12.4 Å². The molecular weight excluding hydrogens is 226 g/mol. The van der Waals surface area contributed by atoms with Gasteiger partial charge in [0.05, 0.1) is 7.11 Å². The van der Waals surface area contributed by atoms with Gasteiger partial charge in [0, 0.05) is 29.6 Å². The lowest BCUT2D eigenvalue weighted by Crippen LogP contribution is -2.04. The third-order valence-corrected chi connectivity index (χ3v) is 2.98. The first-order valence-electron chi connectivity index (χ1n) is 6.09. The maximum Gasteiger partial charge on any atom is 0.222 e. The normalized spacial score (nSPS) is 14.3. The Morgan fingerprint density at radius 1 is 1.17 bits per heavy atom. The summed E-state index contributed by atoms with van der Waals surface area (Å²) in [4.78, 5) is 8.67. The molecule has 1 aromatic carbocycles. The number of nitrogens with zero attached hydrogens (tertiary/aromatic N) is 2. The summed E-state index contributed by atoms with van der Waals surface area (Å²) in [7, 11) is 1.67. The van der Waals surface area contributed by atoms with Crippen molar-refractivity contribution in [3.63, 3.8) is 0 Å². The van der Waals surface area contributed by atoms with E-state index in [1.165, 1.54) is 12.8 Å². The largest absolute Gasteiger partial charge is 0.496 e. The van der Waals surface area contributed by atoms with E-state index in [-0.39, 0.29) is 0 Å². The SMILES string of the molecule is COc1ccccc1-c1cnc(NC2CC2)nc1. The van der Waals surface area contributed by atoms with Crippen LogP contribution in [0.25, 0.3) is 11.1 Å². The fourth-order valence-electron chi connectivity index (χ4n) is 1.84. The molecule has 4 nitrogen and oxygen atoms in total. The van der Waals surface area contributed by atoms with Crippen LogP contribution in [0.1, 0.15) is 12.8 Å². The molecule has 1 heterocycles. The zero-order chi connectivity index (χ0) is 12.4. The molecule has 1 fully saturated rings. The summed E-state index contributed by atoms with van der Waals surface area (Å²) in [6, 6.07) is 8.44. The Morgan fingerprint density at radius 3 is 2.56 bits per heavy atom. The Kier molecular flexibility index (Phi) is 2.84. The van der Waals surface area contributed by atoms with Crippen molar-refractivity contribution in [2.45, 2.75) is 18.9 Å². The molecule has 1 N–H and O–H groups in total. The van der Waals surface area contributed by atoms with Crippen LogP contribution in [0.4, 0.5) is 5.95 Å². The van der Waals surface area contributed by atoms with Gasteiger partial charge < -0.3 is 10.1 Å². The third-order valence-electron chi connectivity index (χ3n) is 2.98. The minimum absolute atomic E-state index is 0.571. The highest BCUT2D eigenvalue weighted by Crippen LogP contribution is 2.29. The second-order valence-electron chi connectivity index (χ2n) is 4.41. The number of methoxy groups -OCH3 is 1. The van der Waals surface area contributed by atoms with Gasteiger partial charge in [-0.25, -0.2) is 9.97 Å². The summed E-state index contributed by atoms with van der Waals surface area (Å²) in [5.41, 5.74) is 1.98. The van der Waals surface area contributed by atoms with Crippen LogP contribution in [0, 0.1) is 0 Å². The van der Waals surface area contributed by atoms with E-state index in [1.54, 1.807) is 7.11 Å². The van der Waals surface area contributed by atoms with Crippen LogP contribution in [0.2, 0.25) is 0 Å². The molecule has 1 saturated carbocycles. The van der Waals surface area contributed by atoms with E-state index in [0.717, 1.165) is 16.9 Å². The van der Waals surface area contributed by atoms with Crippen molar-refractivity contribution in [1.82, 2.24) is 9.97 Å². The molecule has 3 rings (SSSR count). The van der Waals surface area contributed by atoms with Crippen LogP contribution in [0.5, 0.6) is 5.75 Å². The van der Waals surface area contributed by atoms with Crippen LogP contribution >= 0.6 is 0 Å². The van der Waals surface area contributed by atoms with Crippen LogP contribution in [-0.2, 0) is 0 Å². The van der Waals surface area contributed by atoms with E-state index in [9.17, 15) is 0 Å². The van der Waals surface area contributed by atoms with E-state index in [4.69, 9.17) is 4.74 Å². The molecule has 18 heavy (non-hydrogen) atoms. The van der Waals surface area contributed by atoms with Gasteiger partial charge in [-0.3, -0.25) is 0 Å². The van der Waals surface area contributed by atoms with Crippen LogP contribution in [0.3, 0.4) is 0 Å². The zero-order valence-corrected chi connectivity index (χ0v) is 10.3. The topological polar surface area (TPSA) is 47.0 Å². The van der Waals surface area contributed by atoms with Gasteiger partial charge in [0.25, 0.3) is 0 Å². The minimum atomic E-state index is 0.571. The first kappa shape index (κ1) is 11.0. The first-order chi connectivity index (χ1) is 8.86. The Bertz CT molecular complexity index is 535. The number of para-hydroxylation sites is 1. The number of nitrogens with one attached hydrogen (secondary N) is 1. The number of hydrogen-bond acceptors (Lipinski definition) is 4. The highest BCUT2D eigenvalue weighted by Gasteiger charge is 2.21. The second kappa shape index (κ2) is 4.64. The molecule has 0 atom stereocenters. The number of anilines is 1. The van der Waals surface area contributed by atoms with Crippen LogP contribution < -0.4 is 10.1 Å². The van der Waals surface area contributed by atoms with Gasteiger partial charge in [0.1, 0.15) is 5.75 Å². The van der Waals surface area contributed by atoms with Gasteiger partial charge in [-0.1, -0.05) is 18.2 Å². The van der Waals surface area contributed by atoms with Gasteiger partial charge in [0.2, 0.25) is 5.95 Å². The predicted molar refractivity (Wildman–Crippen MR) is 70.7 cm³/mol. The fraction of sp³-hybridized carbons (Fsp3) is 0.286. The highest BCUT2D eigenvalue weighted by molar-refractivity contribution is 5.69. The third kappa shape index (κ3) is 2.27. The van der Waals surface area contributed by atoms with Crippen molar-refractivity contribution >= 4 is 5.95 Å². The summed E-state index contributed by atoms with van der Waals surface area (Å²) >= 11 is 0. The number of hydrogen-bond donors (Lipinski definition) is 1. The molecular formula is C14H15N3O. The van der Waals surface area contributed by atoms with E-state index < -0.39 is 0 Å². The minimum Gasteiger partial charge on any atom is -0.496 e. The lowest BCUT2D eigenvalue weighted by atomic mass is 10.1. The highest BCUT2D eigenvalue weighted by atomic mass is 16.5. The summed E-state index contributed by atoms with van der Waals surface area (Å²) in [6.07, 6.45) is 6.10. The quantitative estimate of drug-likeness (QED) is 0.894. The Morgan fingerprint density at radius 2 is 1.89 bits per heavy atom. The molecule has 0 aliphatic heterocycles. The number of aromatic nitrogens is 2. The molecule has 1 aromatic heterocycles.